The van der Waals surface area contributed by atoms with E-state index >= 15 is 0 Å². The van der Waals surface area contributed by atoms with Crippen LogP contribution in [0.5, 0.6) is 0 Å². The highest BCUT2D eigenvalue weighted by atomic mass is 32.2. The Morgan fingerprint density at radius 1 is 1.80 bits per heavy atom. The third kappa shape index (κ3) is 2.84. The van der Waals surface area contributed by atoms with Gasteiger partial charge >= 0.3 is 5.97 Å². The second-order valence-electron chi connectivity index (χ2n) is 2.07. The number of carboxylic acids is 1. The van der Waals surface area contributed by atoms with Gasteiger partial charge in [0, 0.05) is 16.1 Å². The number of aliphatic carboxylic acids is 1. The maximum absolute atomic E-state index is 10.2. The Kier molecular flexibility index (Phi) is 3.42. The van der Waals surface area contributed by atoms with Gasteiger partial charge in [-0.05, 0) is 6.42 Å². The molecule has 1 heterocycles. The first-order chi connectivity index (χ1) is 4.79. The third-order valence-electron chi connectivity index (χ3n) is 1.25. The summed E-state index contributed by atoms with van der Waals surface area (Å²) in [5.74, 6) is 1.42. The summed E-state index contributed by atoms with van der Waals surface area (Å²) >= 11 is 3.51. The van der Waals surface area contributed by atoms with E-state index in [9.17, 15) is 4.79 Å². The van der Waals surface area contributed by atoms with Crippen molar-refractivity contribution in [2.24, 2.45) is 0 Å². The number of carboxylic acid groups (broad SMARTS) is 1. The monoisotopic (exact) mass is 177 g/mol. The third-order valence-corrected chi connectivity index (χ3v) is 3.60. The lowest BCUT2D eigenvalue weighted by Crippen LogP contribution is -2.12. The largest absolute Gasteiger partial charge is 0.481 e. The van der Waals surface area contributed by atoms with Gasteiger partial charge in [0.2, 0.25) is 0 Å². The van der Waals surface area contributed by atoms with Gasteiger partial charge in [-0.2, -0.15) is 0 Å². The smallest absolute Gasteiger partial charge is 0.304 e. The summed E-state index contributed by atoms with van der Waals surface area (Å²) in [7, 11) is 0. The van der Waals surface area contributed by atoms with E-state index in [1.165, 1.54) is 0 Å². The van der Waals surface area contributed by atoms with Crippen molar-refractivity contribution >= 4 is 29.5 Å². The molecule has 0 amide bonds. The molecule has 1 aliphatic heterocycles. The van der Waals surface area contributed by atoms with Gasteiger partial charge < -0.3 is 5.11 Å². The van der Waals surface area contributed by atoms with Crippen molar-refractivity contribution in [3.63, 3.8) is 0 Å². The van der Waals surface area contributed by atoms with E-state index in [2.05, 4.69) is 5.75 Å². The summed E-state index contributed by atoms with van der Waals surface area (Å²) in [5, 5.41) is 9.76. The minimum absolute atomic E-state index is 0.307. The first kappa shape index (κ1) is 8.27. The van der Waals surface area contributed by atoms with Gasteiger partial charge in [0.25, 0.3) is 0 Å². The van der Waals surface area contributed by atoms with Crippen LogP contribution in [0, 0.1) is 5.75 Å². The lowest BCUT2D eigenvalue weighted by atomic mass is 10.2. The van der Waals surface area contributed by atoms with Crippen LogP contribution in [0.4, 0.5) is 0 Å². The fourth-order valence-electron chi connectivity index (χ4n) is 0.764. The second kappa shape index (κ2) is 4.13. The van der Waals surface area contributed by atoms with Crippen LogP contribution in [-0.4, -0.2) is 21.4 Å². The van der Waals surface area contributed by atoms with Crippen LogP contribution in [0.2, 0.25) is 0 Å². The fourth-order valence-corrected chi connectivity index (χ4v) is 3.22. The maximum Gasteiger partial charge on any atom is 0.304 e. The van der Waals surface area contributed by atoms with Crippen molar-refractivity contribution in [3.05, 3.63) is 5.75 Å². The zero-order chi connectivity index (χ0) is 7.40. The summed E-state index contributed by atoms with van der Waals surface area (Å²) in [6.45, 7) is 0. The molecule has 0 aromatic heterocycles. The summed E-state index contributed by atoms with van der Waals surface area (Å²) in [5.41, 5.74) is 0. The van der Waals surface area contributed by atoms with Crippen LogP contribution in [0.1, 0.15) is 12.8 Å². The maximum atomic E-state index is 10.2. The van der Waals surface area contributed by atoms with Crippen LogP contribution in [-0.2, 0) is 4.79 Å². The standard InChI is InChI=1S/C6H9O2S2/c7-6(8)3-5-1-2-9-4-10-5/h2,5H,1,3-4H2,(H,7,8). The molecule has 1 fully saturated rings. The number of carbonyl (C=O) groups is 1. The Bertz CT molecular complexity index is 121. The molecule has 0 saturated carbocycles. The Labute approximate surface area is 68.8 Å². The van der Waals surface area contributed by atoms with E-state index in [0.29, 0.717) is 11.7 Å². The van der Waals surface area contributed by atoms with E-state index in [4.69, 9.17) is 5.11 Å². The Balaban J connectivity index is 2.19. The molecule has 1 unspecified atom stereocenters. The van der Waals surface area contributed by atoms with E-state index in [-0.39, 0.29) is 0 Å². The molecule has 2 nitrogen and oxygen atoms in total. The topological polar surface area (TPSA) is 37.3 Å². The fraction of sp³-hybridized carbons (Fsp3) is 0.667. The SMILES string of the molecule is O=C(O)CC1C[CH]SCS1. The average Bonchev–Trinajstić information content (AvgIpc) is 1.88. The summed E-state index contributed by atoms with van der Waals surface area (Å²) in [6.07, 6.45) is 1.24. The van der Waals surface area contributed by atoms with E-state index in [0.717, 1.165) is 11.5 Å². The number of hydrogen-bond acceptors (Lipinski definition) is 3. The zero-order valence-electron chi connectivity index (χ0n) is 5.45. The molecule has 1 rings (SSSR count). The Morgan fingerprint density at radius 2 is 2.60 bits per heavy atom. The van der Waals surface area contributed by atoms with Crippen molar-refractivity contribution in [2.75, 3.05) is 5.08 Å². The quantitative estimate of drug-likeness (QED) is 0.698. The highest BCUT2D eigenvalue weighted by Gasteiger charge is 2.16. The first-order valence-electron chi connectivity index (χ1n) is 3.05. The Hall–Kier alpha value is 0.170. The van der Waals surface area contributed by atoms with Crippen LogP contribution in [0.25, 0.3) is 0 Å². The molecule has 0 aromatic carbocycles. The van der Waals surface area contributed by atoms with Crippen molar-refractivity contribution < 1.29 is 9.90 Å². The summed E-state index contributed by atoms with van der Waals surface area (Å²) < 4.78 is 0. The molecule has 1 N–H and O–H groups in total. The predicted molar refractivity (Wildman–Crippen MR) is 45.0 cm³/mol. The molecule has 0 aromatic rings. The Morgan fingerprint density at radius 3 is 3.10 bits per heavy atom. The molecule has 4 heteroatoms. The zero-order valence-corrected chi connectivity index (χ0v) is 7.08. The van der Waals surface area contributed by atoms with Crippen LogP contribution < -0.4 is 0 Å². The molecule has 1 radical (unpaired) electrons. The molecule has 1 saturated heterocycles. The average molecular weight is 177 g/mol. The molecule has 0 bridgehead atoms. The van der Waals surface area contributed by atoms with Gasteiger partial charge in [-0.25, -0.2) is 0 Å². The lowest BCUT2D eigenvalue weighted by Gasteiger charge is -2.18. The molecule has 1 atom stereocenters. The number of hydrogen-bond donors (Lipinski definition) is 1. The van der Waals surface area contributed by atoms with Crippen molar-refractivity contribution in [1.29, 1.82) is 0 Å². The number of rotatable bonds is 2. The normalized spacial score (nSPS) is 26.2. The van der Waals surface area contributed by atoms with Crippen molar-refractivity contribution in [3.8, 4) is 0 Å². The van der Waals surface area contributed by atoms with Gasteiger partial charge in [0.1, 0.15) is 0 Å². The van der Waals surface area contributed by atoms with Crippen molar-refractivity contribution in [1.82, 2.24) is 0 Å². The van der Waals surface area contributed by atoms with Gasteiger partial charge in [-0.15, -0.1) is 23.5 Å². The minimum atomic E-state index is -0.683. The molecule has 57 valence electrons. The predicted octanol–water partition coefficient (Wildman–Crippen LogP) is 1.82. The lowest BCUT2D eigenvalue weighted by molar-refractivity contribution is -0.136. The van der Waals surface area contributed by atoms with Gasteiger partial charge in [-0.1, -0.05) is 0 Å². The molecule has 0 aliphatic carbocycles. The molecule has 0 spiro atoms. The van der Waals surface area contributed by atoms with Gasteiger partial charge in [0.05, 0.1) is 6.42 Å². The second-order valence-corrected chi connectivity index (χ2v) is 4.68. The minimum Gasteiger partial charge on any atom is -0.481 e. The molecular formula is C6H9O2S2. The highest BCUT2D eigenvalue weighted by molar-refractivity contribution is 8.17. The highest BCUT2D eigenvalue weighted by Crippen LogP contribution is 2.32. The van der Waals surface area contributed by atoms with Crippen LogP contribution in [0.15, 0.2) is 0 Å². The van der Waals surface area contributed by atoms with Gasteiger partial charge in [0.15, 0.2) is 0 Å². The first-order valence-corrected chi connectivity index (χ1v) is 5.15. The summed E-state index contributed by atoms with van der Waals surface area (Å²) in [4.78, 5) is 10.2. The number of thioether (sulfide) groups is 2. The summed E-state index contributed by atoms with van der Waals surface area (Å²) in [6, 6.07) is 0. The van der Waals surface area contributed by atoms with Crippen LogP contribution in [0.3, 0.4) is 0 Å². The van der Waals surface area contributed by atoms with E-state index in [1.807, 2.05) is 0 Å². The molecule has 10 heavy (non-hydrogen) atoms. The molecular weight excluding hydrogens is 168 g/mol. The van der Waals surface area contributed by atoms with Crippen LogP contribution >= 0.6 is 23.5 Å². The van der Waals surface area contributed by atoms with E-state index < -0.39 is 5.97 Å². The van der Waals surface area contributed by atoms with E-state index in [1.54, 1.807) is 23.5 Å². The molecule has 1 aliphatic rings. The van der Waals surface area contributed by atoms with Gasteiger partial charge in [-0.3, -0.25) is 4.79 Å². The van der Waals surface area contributed by atoms with Crippen molar-refractivity contribution in [2.45, 2.75) is 18.1 Å².